The maximum absolute atomic E-state index is 9.92. The molecule has 0 saturated carbocycles. The Morgan fingerprint density at radius 3 is 2.54 bits per heavy atom. The van der Waals surface area contributed by atoms with Gasteiger partial charge in [-0.1, -0.05) is 35.9 Å². The molecule has 1 saturated heterocycles. The third-order valence-electron chi connectivity index (χ3n) is 7.40. The summed E-state index contributed by atoms with van der Waals surface area (Å²) in [6.07, 6.45) is 8.59. The van der Waals surface area contributed by atoms with Crippen molar-refractivity contribution in [1.82, 2.24) is 19.9 Å². The molecule has 0 spiro atoms. The number of phenols is 1. The van der Waals surface area contributed by atoms with Crippen LogP contribution in [0.3, 0.4) is 0 Å². The molecule has 190 valence electrons. The maximum Gasteiger partial charge on any atom is 0.160 e. The number of piperidine rings is 1. The highest BCUT2D eigenvalue weighted by Crippen LogP contribution is 2.36. The van der Waals surface area contributed by atoms with Crippen LogP contribution in [-0.2, 0) is 6.42 Å². The lowest BCUT2D eigenvalue weighted by molar-refractivity contribution is 0.160. The first kappa shape index (κ1) is 24.9. The van der Waals surface area contributed by atoms with Crippen LogP contribution >= 0.6 is 0 Å². The number of aryl methyl sites for hydroxylation is 1. The van der Waals surface area contributed by atoms with Crippen molar-refractivity contribution in [2.24, 2.45) is 0 Å². The minimum atomic E-state index is 0.181. The Balaban J connectivity index is 1.36. The first-order valence-corrected chi connectivity index (χ1v) is 13.0. The number of hydrogen-bond donors (Lipinski definition) is 1. The number of nitrogens with zero attached hydrogens (tertiary/aromatic N) is 4. The number of hydrogen-bond acceptors (Lipinski definition) is 6. The van der Waals surface area contributed by atoms with Crippen molar-refractivity contribution in [1.29, 1.82) is 0 Å². The fourth-order valence-electron chi connectivity index (χ4n) is 5.31. The van der Waals surface area contributed by atoms with Gasteiger partial charge in [0.25, 0.3) is 0 Å². The summed E-state index contributed by atoms with van der Waals surface area (Å²) in [6.45, 7) is 6.44. The second-order valence-corrected chi connectivity index (χ2v) is 9.97. The summed E-state index contributed by atoms with van der Waals surface area (Å²) in [5, 5.41) is 9.92. The van der Waals surface area contributed by atoms with Gasteiger partial charge in [0.05, 0.1) is 12.8 Å². The van der Waals surface area contributed by atoms with Crippen LogP contribution in [0, 0.1) is 6.92 Å². The molecule has 1 fully saturated rings. The zero-order valence-electron chi connectivity index (χ0n) is 21.8. The standard InChI is InChI=1S/C31H34N4O2/c1-21-5-4-6-26(17-21)27-20-33-31(25-9-13-32-14-10-25)34-30(27)24-11-15-35(16-12-24)22(2)18-23-7-8-28(36)29(19-23)37-3/h4-10,13-14,17,19-20,22,24,36H,11-12,15-16,18H2,1-3H3. The van der Waals surface area contributed by atoms with Gasteiger partial charge < -0.3 is 14.7 Å². The molecule has 4 aromatic rings. The first-order chi connectivity index (χ1) is 18.0. The molecule has 1 N–H and O–H groups in total. The molecule has 1 aliphatic rings. The number of phenolic OH excluding ortho intramolecular Hbond substituents is 1. The fourth-order valence-corrected chi connectivity index (χ4v) is 5.31. The lowest BCUT2D eigenvalue weighted by Gasteiger charge is -2.36. The van der Waals surface area contributed by atoms with E-state index >= 15 is 0 Å². The van der Waals surface area contributed by atoms with Crippen LogP contribution < -0.4 is 4.74 Å². The molecule has 0 radical (unpaired) electrons. The van der Waals surface area contributed by atoms with Crippen molar-refractivity contribution < 1.29 is 9.84 Å². The minimum Gasteiger partial charge on any atom is -0.504 e. The summed E-state index contributed by atoms with van der Waals surface area (Å²) in [4.78, 5) is 16.6. The van der Waals surface area contributed by atoms with Gasteiger partial charge in [-0.05, 0) is 81.6 Å². The minimum absolute atomic E-state index is 0.181. The van der Waals surface area contributed by atoms with E-state index < -0.39 is 0 Å². The van der Waals surface area contributed by atoms with Gasteiger partial charge in [-0.15, -0.1) is 0 Å². The van der Waals surface area contributed by atoms with Crippen molar-refractivity contribution in [3.05, 3.63) is 90.0 Å². The molecular weight excluding hydrogens is 460 g/mol. The van der Waals surface area contributed by atoms with Crippen molar-refractivity contribution in [2.45, 2.75) is 45.1 Å². The van der Waals surface area contributed by atoms with E-state index in [1.807, 2.05) is 30.5 Å². The predicted octanol–water partition coefficient (Wildman–Crippen LogP) is 6.04. The number of methoxy groups -OCH3 is 1. The second kappa shape index (κ2) is 11.1. The highest BCUT2D eigenvalue weighted by atomic mass is 16.5. The Morgan fingerprint density at radius 2 is 1.81 bits per heavy atom. The summed E-state index contributed by atoms with van der Waals surface area (Å²) in [5.74, 6) is 1.84. The number of aromatic nitrogens is 3. The quantitative estimate of drug-likeness (QED) is 0.338. The van der Waals surface area contributed by atoms with Gasteiger partial charge in [-0.3, -0.25) is 4.98 Å². The predicted molar refractivity (Wildman–Crippen MR) is 147 cm³/mol. The van der Waals surface area contributed by atoms with Crippen molar-refractivity contribution >= 4 is 0 Å². The largest absolute Gasteiger partial charge is 0.504 e. The van der Waals surface area contributed by atoms with Gasteiger partial charge in [0, 0.05) is 41.7 Å². The smallest absolute Gasteiger partial charge is 0.160 e. The molecule has 1 aliphatic heterocycles. The fraction of sp³-hybridized carbons (Fsp3) is 0.323. The highest BCUT2D eigenvalue weighted by molar-refractivity contribution is 5.68. The Bertz CT molecular complexity index is 1350. The summed E-state index contributed by atoms with van der Waals surface area (Å²) in [6, 6.07) is 18.6. The monoisotopic (exact) mass is 494 g/mol. The number of benzene rings is 2. The maximum atomic E-state index is 9.92. The number of rotatable bonds is 7. The molecule has 2 aromatic carbocycles. The SMILES string of the molecule is COc1cc(CC(C)N2CCC(c3nc(-c4ccncc4)ncc3-c3cccc(C)c3)CC2)ccc1O. The first-order valence-electron chi connectivity index (χ1n) is 13.0. The summed E-state index contributed by atoms with van der Waals surface area (Å²) in [5.41, 5.74) is 6.84. The average Bonchev–Trinajstić information content (AvgIpc) is 2.94. The molecule has 0 amide bonds. The molecule has 2 aromatic heterocycles. The van der Waals surface area contributed by atoms with Crippen LogP contribution in [0.15, 0.2) is 73.2 Å². The van der Waals surface area contributed by atoms with Gasteiger partial charge >= 0.3 is 0 Å². The molecule has 3 heterocycles. The number of pyridine rings is 1. The normalized spacial score (nSPS) is 15.4. The van der Waals surface area contributed by atoms with Gasteiger partial charge in [0.15, 0.2) is 17.3 Å². The van der Waals surface area contributed by atoms with E-state index in [-0.39, 0.29) is 5.75 Å². The number of ether oxygens (including phenoxy) is 1. The third-order valence-corrected chi connectivity index (χ3v) is 7.40. The zero-order valence-corrected chi connectivity index (χ0v) is 21.8. The van der Waals surface area contributed by atoms with Crippen molar-refractivity contribution in [3.63, 3.8) is 0 Å². The van der Waals surface area contributed by atoms with E-state index in [2.05, 4.69) is 48.0 Å². The van der Waals surface area contributed by atoms with E-state index in [4.69, 9.17) is 14.7 Å². The topological polar surface area (TPSA) is 71.4 Å². The number of likely N-dealkylation sites (tertiary alicyclic amines) is 1. The Kier molecular flexibility index (Phi) is 7.47. The zero-order chi connectivity index (χ0) is 25.8. The van der Waals surface area contributed by atoms with Gasteiger partial charge in [0.2, 0.25) is 0 Å². The average molecular weight is 495 g/mol. The lowest BCUT2D eigenvalue weighted by Crippen LogP contribution is -2.40. The lowest BCUT2D eigenvalue weighted by atomic mass is 9.87. The van der Waals surface area contributed by atoms with E-state index in [1.165, 1.54) is 16.7 Å². The van der Waals surface area contributed by atoms with Gasteiger partial charge in [0.1, 0.15) is 0 Å². The summed E-state index contributed by atoms with van der Waals surface area (Å²) < 4.78 is 5.29. The van der Waals surface area contributed by atoms with Crippen molar-refractivity contribution in [2.75, 3.05) is 20.2 Å². The molecule has 6 heteroatoms. The van der Waals surface area contributed by atoms with Crippen LogP contribution in [0.4, 0.5) is 0 Å². The molecule has 0 bridgehead atoms. The third kappa shape index (κ3) is 5.65. The molecule has 1 unspecified atom stereocenters. The molecular formula is C31H34N4O2. The molecule has 1 atom stereocenters. The van der Waals surface area contributed by atoms with E-state index in [0.717, 1.165) is 55.0 Å². The number of aromatic hydroxyl groups is 1. The second-order valence-electron chi connectivity index (χ2n) is 9.97. The van der Waals surface area contributed by atoms with Crippen LogP contribution in [0.2, 0.25) is 0 Å². The van der Waals surface area contributed by atoms with Gasteiger partial charge in [-0.2, -0.15) is 0 Å². The van der Waals surface area contributed by atoms with E-state index in [1.54, 1.807) is 25.6 Å². The van der Waals surface area contributed by atoms with Crippen LogP contribution in [0.1, 0.15) is 42.5 Å². The van der Waals surface area contributed by atoms with Crippen LogP contribution in [0.5, 0.6) is 11.5 Å². The van der Waals surface area contributed by atoms with E-state index in [9.17, 15) is 5.11 Å². The molecule has 0 aliphatic carbocycles. The summed E-state index contributed by atoms with van der Waals surface area (Å²) in [7, 11) is 1.59. The Hall–Kier alpha value is -3.77. The summed E-state index contributed by atoms with van der Waals surface area (Å²) >= 11 is 0. The van der Waals surface area contributed by atoms with E-state index in [0.29, 0.717) is 17.7 Å². The Labute approximate surface area is 219 Å². The molecule has 5 rings (SSSR count). The highest BCUT2D eigenvalue weighted by Gasteiger charge is 2.27. The van der Waals surface area contributed by atoms with Crippen LogP contribution in [0.25, 0.3) is 22.5 Å². The van der Waals surface area contributed by atoms with Crippen LogP contribution in [-0.4, -0.2) is 51.2 Å². The van der Waals surface area contributed by atoms with Gasteiger partial charge in [-0.25, -0.2) is 9.97 Å². The molecule has 6 nitrogen and oxygen atoms in total. The van der Waals surface area contributed by atoms with Crippen molar-refractivity contribution in [3.8, 4) is 34.0 Å². The molecule has 37 heavy (non-hydrogen) atoms. The Morgan fingerprint density at radius 1 is 1.03 bits per heavy atom.